The monoisotopic (exact) mass is 742 g/mol. The Bertz CT molecular complexity index is 1610. The van der Waals surface area contributed by atoms with Crippen LogP contribution in [0.5, 0.6) is 0 Å². The lowest BCUT2D eigenvalue weighted by Crippen LogP contribution is -2.21. The molecule has 0 radical (unpaired) electrons. The number of halogens is 6. The van der Waals surface area contributed by atoms with Crippen LogP contribution in [0.3, 0.4) is 0 Å². The Morgan fingerprint density at radius 1 is 0.529 bits per heavy atom. The lowest BCUT2D eigenvalue weighted by atomic mass is 9.77. The van der Waals surface area contributed by atoms with Crippen molar-refractivity contribution in [2.75, 3.05) is 10.6 Å². The molecule has 0 spiro atoms. The maximum Gasteiger partial charge on any atom is 0.224 e. The van der Waals surface area contributed by atoms with E-state index in [1.807, 2.05) is 0 Å². The Balaban J connectivity index is 0.000000224. The molecule has 2 saturated carbocycles. The zero-order valence-electron chi connectivity index (χ0n) is 27.5. The molecule has 4 aromatic rings. The Labute approximate surface area is 307 Å². The summed E-state index contributed by atoms with van der Waals surface area (Å²) in [6, 6.07) is 21.2. The largest absolute Gasteiger partial charge is 0.326 e. The highest BCUT2D eigenvalue weighted by Gasteiger charge is 2.27. The van der Waals surface area contributed by atoms with Crippen molar-refractivity contribution in [1.29, 1.82) is 0 Å². The maximum absolute atomic E-state index is 14.0. The molecule has 0 heterocycles. The van der Waals surface area contributed by atoms with Crippen LogP contribution >= 0.6 is 23.2 Å². The maximum atomic E-state index is 14.0. The Hall–Kier alpha value is -3.88. The van der Waals surface area contributed by atoms with E-state index in [1.54, 1.807) is 48.5 Å². The van der Waals surface area contributed by atoms with Crippen molar-refractivity contribution in [3.05, 3.63) is 129 Å². The van der Waals surface area contributed by atoms with Crippen LogP contribution < -0.4 is 10.6 Å². The second kappa shape index (κ2) is 19.1. The van der Waals surface area contributed by atoms with Crippen LogP contribution in [-0.2, 0) is 9.59 Å². The SMILES string of the molecule is C.O=C(CC1CCC(c2ccc(Cl)cc2F)CC1)Nc1ccc(F)cc1.O=C(CC1CCC(c2ccc(Cl)cc2F)CC1)Nc1ccc(F)cc1. The van der Waals surface area contributed by atoms with E-state index >= 15 is 0 Å². The number of carbonyl (C=O) groups is 2. The third-order valence-electron chi connectivity index (χ3n) is 9.70. The van der Waals surface area contributed by atoms with Crippen molar-refractivity contribution in [1.82, 2.24) is 0 Å². The van der Waals surface area contributed by atoms with Gasteiger partial charge in [-0.15, -0.1) is 0 Å². The van der Waals surface area contributed by atoms with Gasteiger partial charge in [0.1, 0.15) is 23.3 Å². The van der Waals surface area contributed by atoms with Crippen molar-refractivity contribution < 1.29 is 27.2 Å². The highest BCUT2D eigenvalue weighted by Crippen LogP contribution is 2.40. The number of amides is 2. The van der Waals surface area contributed by atoms with E-state index in [2.05, 4.69) is 10.6 Å². The van der Waals surface area contributed by atoms with Crippen LogP contribution in [0.25, 0.3) is 0 Å². The van der Waals surface area contributed by atoms with Gasteiger partial charge in [-0.3, -0.25) is 9.59 Å². The number of rotatable bonds is 8. The molecule has 0 bridgehead atoms. The molecule has 0 aliphatic heterocycles. The second-order valence-electron chi connectivity index (χ2n) is 13.3. The van der Waals surface area contributed by atoms with Crippen LogP contribution in [0.4, 0.5) is 28.9 Å². The zero-order valence-corrected chi connectivity index (χ0v) is 29.1. The molecule has 10 heteroatoms. The van der Waals surface area contributed by atoms with Gasteiger partial charge in [-0.05, 0) is 159 Å². The Kier molecular flexibility index (Phi) is 14.9. The van der Waals surface area contributed by atoms with Gasteiger partial charge in [0, 0.05) is 34.3 Å². The molecule has 2 aliphatic carbocycles. The molecule has 0 saturated heterocycles. The molecular formula is C41H44Cl2F4N2O2. The molecule has 51 heavy (non-hydrogen) atoms. The van der Waals surface area contributed by atoms with Gasteiger partial charge in [0.15, 0.2) is 0 Å². The van der Waals surface area contributed by atoms with Gasteiger partial charge in [-0.2, -0.15) is 0 Å². The first-order valence-corrected chi connectivity index (χ1v) is 17.8. The summed E-state index contributed by atoms with van der Waals surface area (Å²) in [5, 5.41) is 6.41. The van der Waals surface area contributed by atoms with Crippen LogP contribution in [0.2, 0.25) is 10.0 Å². The summed E-state index contributed by atoms with van der Waals surface area (Å²) in [5.41, 5.74) is 2.64. The molecule has 4 nitrogen and oxygen atoms in total. The molecule has 0 aromatic heterocycles. The lowest BCUT2D eigenvalue weighted by molar-refractivity contribution is -0.118. The highest BCUT2D eigenvalue weighted by atomic mass is 35.5. The highest BCUT2D eigenvalue weighted by molar-refractivity contribution is 6.30. The number of nitrogens with one attached hydrogen (secondary N) is 2. The summed E-state index contributed by atoms with van der Waals surface area (Å²) in [7, 11) is 0. The lowest BCUT2D eigenvalue weighted by Gasteiger charge is -2.28. The summed E-state index contributed by atoms with van der Waals surface area (Å²) >= 11 is 11.6. The number of hydrogen-bond acceptors (Lipinski definition) is 2. The van der Waals surface area contributed by atoms with E-state index in [0.29, 0.717) is 46.1 Å². The second-order valence-corrected chi connectivity index (χ2v) is 14.2. The van der Waals surface area contributed by atoms with Crippen molar-refractivity contribution in [2.24, 2.45) is 11.8 Å². The third kappa shape index (κ3) is 12.1. The Morgan fingerprint density at radius 3 is 1.18 bits per heavy atom. The van der Waals surface area contributed by atoms with E-state index in [9.17, 15) is 27.2 Å². The molecule has 0 atom stereocenters. The number of carbonyl (C=O) groups excluding carboxylic acids is 2. The summed E-state index contributed by atoms with van der Waals surface area (Å²) < 4.78 is 53.8. The van der Waals surface area contributed by atoms with Gasteiger partial charge in [-0.1, -0.05) is 42.8 Å². The van der Waals surface area contributed by atoms with Gasteiger partial charge < -0.3 is 10.6 Å². The number of hydrogen-bond donors (Lipinski definition) is 2. The zero-order chi connectivity index (χ0) is 35.6. The van der Waals surface area contributed by atoms with Crippen molar-refractivity contribution >= 4 is 46.4 Å². The standard InChI is InChI=1S/2C20H20ClF2NO.CH4/c2*21-15-5-10-18(19(23)12-15)14-3-1-13(2-4-14)11-20(25)24-17-8-6-16(22)7-9-17;/h2*5-10,12-14H,1-4,11H2,(H,24,25);1H4. The van der Waals surface area contributed by atoms with Crippen molar-refractivity contribution in [3.63, 3.8) is 0 Å². The summed E-state index contributed by atoms with van der Waals surface area (Å²) in [4.78, 5) is 24.3. The smallest absolute Gasteiger partial charge is 0.224 e. The molecule has 4 aromatic carbocycles. The fourth-order valence-electron chi connectivity index (χ4n) is 7.04. The molecule has 2 N–H and O–H groups in total. The molecule has 272 valence electrons. The van der Waals surface area contributed by atoms with E-state index in [4.69, 9.17) is 23.2 Å². The summed E-state index contributed by atoms with van der Waals surface area (Å²) in [6.45, 7) is 0. The van der Waals surface area contributed by atoms with E-state index in [0.717, 1.165) is 62.5 Å². The fourth-order valence-corrected chi connectivity index (χ4v) is 7.35. The first kappa shape index (κ1) is 39.9. The molecule has 0 unspecified atom stereocenters. The van der Waals surface area contributed by atoms with E-state index in [1.165, 1.54) is 36.4 Å². The first-order valence-electron chi connectivity index (χ1n) is 17.0. The normalized spacial score (nSPS) is 19.9. The minimum Gasteiger partial charge on any atom is -0.326 e. The molecule has 2 amide bonds. The third-order valence-corrected chi connectivity index (χ3v) is 10.2. The molecule has 2 aliphatic rings. The first-order chi connectivity index (χ1) is 24.0. The van der Waals surface area contributed by atoms with E-state index in [-0.39, 0.29) is 54.3 Å². The quantitative estimate of drug-likeness (QED) is 0.177. The summed E-state index contributed by atoms with van der Waals surface area (Å²) in [6.07, 6.45) is 7.92. The predicted octanol–water partition coefficient (Wildman–Crippen LogP) is 12.5. The average molecular weight is 744 g/mol. The average Bonchev–Trinajstić information content (AvgIpc) is 3.08. The predicted molar refractivity (Wildman–Crippen MR) is 198 cm³/mol. The minimum atomic E-state index is -0.328. The van der Waals surface area contributed by atoms with Crippen molar-refractivity contribution in [3.8, 4) is 0 Å². The van der Waals surface area contributed by atoms with Crippen LogP contribution in [0.1, 0.15) is 94.6 Å². The Morgan fingerprint density at radius 2 is 0.863 bits per heavy atom. The van der Waals surface area contributed by atoms with Gasteiger partial charge in [0.2, 0.25) is 11.8 Å². The number of benzene rings is 4. The van der Waals surface area contributed by atoms with Gasteiger partial charge in [-0.25, -0.2) is 17.6 Å². The molecular weight excluding hydrogens is 699 g/mol. The van der Waals surface area contributed by atoms with Crippen LogP contribution in [0, 0.1) is 35.1 Å². The fraction of sp³-hybridized carbons (Fsp3) is 0.366. The van der Waals surface area contributed by atoms with Gasteiger partial charge in [0.25, 0.3) is 0 Å². The van der Waals surface area contributed by atoms with Crippen LogP contribution in [-0.4, -0.2) is 11.8 Å². The van der Waals surface area contributed by atoms with Crippen LogP contribution in [0.15, 0.2) is 84.9 Å². The van der Waals surface area contributed by atoms with Crippen molar-refractivity contribution in [2.45, 2.75) is 83.5 Å². The van der Waals surface area contributed by atoms with Gasteiger partial charge >= 0.3 is 0 Å². The topological polar surface area (TPSA) is 58.2 Å². The molecule has 6 rings (SSSR count). The van der Waals surface area contributed by atoms with E-state index < -0.39 is 0 Å². The number of anilines is 2. The summed E-state index contributed by atoms with van der Waals surface area (Å²) in [5.74, 6) is -0.298. The van der Waals surface area contributed by atoms with Gasteiger partial charge in [0.05, 0.1) is 0 Å². The molecule has 2 fully saturated rings. The minimum absolute atomic E-state index is 0.